The number of alkyl carbamates (subject to hydrolysis) is 1. The molecule has 0 radical (unpaired) electrons. The topological polar surface area (TPSA) is 174 Å². The fourth-order valence-electron chi connectivity index (χ4n) is 6.00. The number of nitrogens with two attached hydrogens (primary N) is 1. The van der Waals surface area contributed by atoms with Crippen LogP contribution in [0, 0.1) is 0 Å². The number of aromatic carboxylic acids is 1. The van der Waals surface area contributed by atoms with E-state index in [4.69, 9.17) is 15.3 Å². The number of aromatic nitrogens is 1. The lowest BCUT2D eigenvalue weighted by molar-refractivity contribution is -0.140. The molecule has 47 heavy (non-hydrogen) atoms. The molecule has 0 atom stereocenters. The first-order valence-electron chi connectivity index (χ1n) is 15.5. The summed E-state index contributed by atoms with van der Waals surface area (Å²) >= 11 is 0. The second-order valence-corrected chi connectivity index (χ2v) is 12.7. The van der Waals surface area contributed by atoms with E-state index in [0.29, 0.717) is 42.1 Å². The first-order chi connectivity index (χ1) is 22.3. The number of benzene rings is 3. The minimum Gasteiger partial charge on any atom is -0.478 e. The zero-order valence-electron chi connectivity index (χ0n) is 26.8. The highest BCUT2D eigenvalue weighted by atomic mass is 16.7. The molecule has 1 aliphatic rings. The number of carboxylic acid groups (broad SMARTS) is 1. The maximum Gasteiger partial charge on any atom is 0.407 e. The summed E-state index contributed by atoms with van der Waals surface area (Å²) in [6, 6.07) is 18.1. The molecule has 4 aromatic rings. The van der Waals surface area contributed by atoms with Crippen molar-refractivity contribution in [3.05, 3.63) is 83.0 Å². The number of carbonyl (C=O) groups excluding carboxylic acids is 3. The van der Waals surface area contributed by atoms with Gasteiger partial charge in [0.05, 0.1) is 11.1 Å². The highest BCUT2D eigenvalue weighted by molar-refractivity contribution is 6.15. The lowest BCUT2D eigenvalue weighted by Crippen LogP contribution is -2.45. The van der Waals surface area contributed by atoms with Crippen molar-refractivity contribution in [1.29, 1.82) is 0 Å². The molecule has 1 aromatic heterocycles. The lowest BCUT2D eigenvalue weighted by Gasteiger charge is -2.30. The van der Waals surface area contributed by atoms with Crippen molar-refractivity contribution in [2.75, 3.05) is 0 Å². The molecule has 1 fully saturated rings. The minimum atomic E-state index is -1.25. The molecule has 1 aliphatic carbocycles. The molecule has 0 bridgehead atoms. The number of nitrogens with one attached hydrogen (secondary N) is 2. The predicted molar refractivity (Wildman–Crippen MR) is 177 cm³/mol. The molecule has 0 aliphatic heterocycles. The van der Waals surface area contributed by atoms with E-state index in [1.54, 1.807) is 43.5 Å². The molecule has 0 spiro atoms. The van der Waals surface area contributed by atoms with Crippen LogP contribution in [-0.4, -0.2) is 57.1 Å². The van der Waals surface area contributed by atoms with E-state index in [-0.39, 0.29) is 35.7 Å². The van der Waals surface area contributed by atoms with E-state index in [1.165, 1.54) is 6.92 Å². The Morgan fingerprint density at radius 1 is 0.936 bits per heavy atom. The average Bonchev–Trinajstić information content (AvgIpc) is 3.33. The summed E-state index contributed by atoms with van der Waals surface area (Å²) in [4.78, 5) is 55.2. The molecule has 246 valence electrons. The van der Waals surface area contributed by atoms with Gasteiger partial charge in [0.1, 0.15) is 11.3 Å². The number of carbonyl (C=O) groups is 4. The van der Waals surface area contributed by atoms with E-state index in [2.05, 4.69) is 15.8 Å². The Hall–Kier alpha value is -5.39. The first kappa shape index (κ1) is 33.0. The minimum absolute atomic E-state index is 0.00193. The largest absolute Gasteiger partial charge is 0.478 e. The molecule has 3 aromatic carbocycles. The van der Waals surface area contributed by atoms with Crippen molar-refractivity contribution in [3.8, 4) is 0 Å². The maximum atomic E-state index is 14.1. The van der Waals surface area contributed by atoms with Crippen LogP contribution in [0.3, 0.4) is 0 Å². The van der Waals surface area contributed by atoms with Crippen LogP contribution in [0.4, 0.5) is 4.79 Å². The zero-order valence-corrected chi connectivity index (χ0v) is 26.8. The third-order valence-electron chi connectivity index (χ3n) is 8.05. The normalized spacial score (nSPS) is 16.9. The second kappa shape index (κ2) is 13.5. The van der Waals surface area contributed by atoms with Gasteiger partial charge >= 0.3 is 18.0 Å². The molecular weight excluding hydrogens is 602 g/mol. The standard InChI is InChI=1S/C35H39N5O7/c1-20(41)47-39-31(36)22-12-17-27-28(18-22)40(19-23-10-7-9-21-8-5-6-11-26(21)23)30(29(27)33(43)44)32(42)37-24-13-15-25(16-14-24)38-34(45)46-35(2,3)4/h5-12,17-18,24-25H,13-16,19H2,1-4H3,(H2,36,39)(H,37,42)(H,38,45)(H,43,44)/t24-,25-. The summed E-state index contributed by atoms with van der Waals surface area (Å²) < 4.78 is 7.06. The number of ether oxygens (including phenoxy) is 1. The molecule has 5 rings (SSSR count). The SMILES string of the molecule is CC(=O)ON=C(N)c1ccc2c(C(=O)O)c(C(=O)N[C@H]3CC[C@H](NC(=O)OC(C)(C)C)CC3)n(Cc3cccc4ccccc34)c2c1. The number of hydrogen-bond donors (Lipinski definition) is 4. The van der Waals surface area contributed by atoms with E-state index in [1.807, 2.05) is 42.5 Å². The van der Waals surface area contributed by atoms with E-state index in [0.717, 1.165) is 16.3 Å². The van der Waals surface area contributed by atoms with Gasteiger partial charge in [0, 0.05) is 36.5 Å². The Bertz CT molecular complexity index is 1880. The molecule has 1 heterocycles. The van der Waals surface area contributed by atoms with E-state index >= 15 is 0 Å². The number of hydrogen-bond acceptors (Lipinski definition) is 7. The van der Waals surface area contributed by atoms with E-state index < -0.39 is 29.5 Å². The molecule has 1 saturated carbocycles. The summed E-state index contributed by atoms with van der Waals surface area (Å²) in [6.45, 7) is 6.79. The van der Waals surface area contributed by atoms with Crippen molar-refractivity contribution in [2.45, 2.75) is 77.6 Å². The number of fused-ring (bicyclic) bond motifs is 2. The van der Waals surface area contributed by atoms with Crippen LogP contribution in [0.2, 0.25) is 0 Å². The molecule has 2 amide bonds. The van der Waals surface area contributed by atoms with Crippen LogP contribution in [-0.2, 0) is 20.9 Å². The lowest BCUT2D eigenvalue weighted by atomic mass is 9.91. The van der Waals surface area contributed by atoms with Gasteiger partial charge in [-0.05, 0) is 68.9 Å². The quantitative estimate of drug-likeness (QED) is 0.0869. The Morgan fingerprint density at radius 3 is 2.26 bits per heavy atom. The third-order valence-corrected chi connectivity index (χ3v) is 8.05. The van der Waals surface area contributed by atoms with Crippen LogP contribution in [0.1, 0.15) is 85.4 Å². The second-order valence-electron chi connectivity index (χ2n) is 12.7. The van der Waals surface area contributed by atoms with Crippen LogP contribution in [0.5, 0.6) is 0 Å². The third kappa shape index (κ3) is 7.71. The molecule has 0 saturated heterocycles. The van der Waals surface area contributed by atoms with E-state index in [9.17, 15) is 24.3 Å². The Labute approximate surface area is 271 Å². The Morgan fingerprint density at radius 2 is 1.60 bits per heavy atom. The summed E-state index contributed by atoms with van der Waals surface area (Å²) in [5.41, 5.74) is 7.07. The zero-order chi connectivity index (χ0) is 33.9. The number of oxime groups is 1. The molecule has 5 N–H and O–H groups in total. The highest BCUT2D eigenvalue weighted by Gasteiger charge is 2.31. The molecule has 0 unspecified atom stereocenters. The van der Waals surface area contributed by atoms with Gasteiger partial charge in [0.15, 0.2) is 5.84 Å². The molecular formula is C35H39N5O7. The monoisotopic (exact) mass is 641 g/mol. The number of amides is 2. The van der Waals surface area contributed by atoms with Gasteiger partial charge in [-0.3, -0.25) is 4.79 Å². The van der Waals surface area contributed by atoms with Crippen molar-refractivity contribution in [3.63, 3.8) is 0 Å². The maximum absolute atomic E-state index is 14.1. The predicted octanol–water partition coefficient (Wildman–Crippen LogP) is 5.29. The smallest absolute Gasteiger partial charge is 0.407 e. The number of amidine groups is 1. The summed E-state index contributed by atoms with van der Waals surface area (Å²) in [5, 5.41) is 22.4. The van der Waals surface area contributed by atoms with Gasteiger partial charge in [-0.15, -0.1) is 0 Å². The summed E-state index contributed by atoms with van der Waals surface area (Å²) in [6.07, 6.45) is 1.95. The molecule has 12 heteroatoms. The first-order valence-corrected chi connectivity index (χ1v) is 15.5. The molecule has 12 nitrogen and oxygen atoms in total. The van der Waals surface area contributed by atoms with Crippen molar-refractivity contribution in [1.82, 2.24) is 15.2 Å². The van der Waals surface area contributed by atoms with Gasteiger partial charge < -0.3 is 35.6 Å². The van der Waals surface area contributed by atoms with Gasteiger partial charge in [0.2, 0.25) is 0 Å². The van der Waals surface area contributed by atoms with Crippen molar-refractivity contribution >= 4 is 51.5 Å². The highest BCUT2D eigenvalue weighted by Crippen LogP contribution is 2.31. The Kier molecular flexibility index (Phi) is 9.50. The van der Waals surface area contributed by atoms with Crippen molar-refractivity contribution in [2.24, 2.45) is 10.9 Å². The van der Waals surface area contributed by atoms with Crippen LogP contribution in [0.25, 0.3) is 21.7 Å². The van der Waals surface area contributed by atoms with Gasteiger partial charge in [-0.2, -0.15) is 0 Å². The fraction of sp³-hybridized carbons (Fsp3) is 0.343. The van der Waals surface area contributed by atoms with Crippen LogP contribution >= 0.6 is 0 Å². The van der Waals surface area contributed by atoms with Crippen LogP contribution in [0.15, 0.2) is 65.8 Å². The number of carboxylic acids is 1. The fourth-order valence-corrected chi connectivity index (χ4v) is 6.00. The number of rotatable bonds is 8. The van der Waals surface area contributed by atoms with Gasteiger partial charge in [-0.25, -0.2) is 14.4 Å². The summed E-state index contributed by atoms with van der Waals surface area (Å²) in [5.74, 6) is -2.50. The van der Waals surface area contributed by atoms with Gasteiger partial charge in [-0.1, -0.05) is 59.8 Å². The van der Waals surface area contributed by atoms with Gasteiger partial charge in [0.25, 0.3) is 5.91 Å². The van der Waals surface area contributed by atoms with Crippen LogP contribution < -0.4 is 16.4 Å². The average molecular weight is 642 g/mol. The summed E-state index contributed by atoms with van der Waals surface area (Å²) in [7, 11) is 0. The number of nitrogens with zero attached hydrogens (tertiary/aromatic N) is 2. The van der Waals surface area contributed by atoms with Crippen molar-refractivity contribution < 1.29 is 33.9 Å². The Balaban J connectivity index is 1.51.